The lowest BCUT2D eigenvalue weighted by Crippen LogP contribution is -2.69. The van der Waals surface area contributed by atoms with Crippen LogP contribution < -0.4 is 14.8 Å². The van der Waals surface area contributed by atoms with E-state index < -0.39 is 29.9 Å². The molecule has 0 aromatic heterocycles. The maximum Gasteiger partial charge on any atom is 0.412 e. The van der Waals surface area contributed by atoms with Gasteiger partial charge in [0.15, 0.2) is 0 Å². The highest BCUT2D eigenvalue weighted by molar-refractivity contribution is 6.03. The quantitative estimate of drug-likeness (QED) is 0.0626. The highest BCUT2D eigenvalue weighted by Gasteiger charge is 2.65. The fourth-order valence-electron chi connectivity index (χ4n) is 8.80. The number of carbonyl (C=O) groups is 2. The Morgan fingerprint density at radius 1 is 0.983 bits per heavy atom. The Hall–Kier alpha value is -5.17. The summed E-state index contributed by atoms with van der Waals surface area (Å²) < 4.78 is 25.8. The summed E-state index contributed by atoms with van der Waals surface area (Å²) in [6, 6.07) is 23.8. The molecule has 0 radical (unpaired) electrons. The molecule has 6 rings (SSSR count). The van der Waals surface area contributed by atoms with E-state index in [0.717, 1.165) is 47.9 Å². The zero-order valence-electron chi connectivity index (χ0n) is 33.6. The van der Waals surface area contributed by atoms with Crippen LogP contribution in [0.3, 0.4) is 0 Å². The van der Waals surface area contributed by atoms with Crippen LogP contribution >= 0.6 is 0 Å². The summed E-state index contributed by atoms with van der Waals surface area (Å²) in [7, 11) is 1.70. The van der Waals surface area contributed by atoms with Crippen molar-refractivity contribution in [3.05, 3.63) is 120 Å². The normalized spacial score (nSPS) is 23.7. The molecule has 1 aliphatic heterocycles. The molecule has 58 heavy (non-hydrogen) atoms. The Kier molecular flexibility index (Phi) is 15.0. The predicted molar refractivity (Wildman–Crippen MR) is 220 cm³/mol. The van der Waals surface area contributed by atoms with Crippen LogP contribution in [0, 0.1) is 17.8 Å². The van der Waals surface area contributed by atoms with Crippen LogP contribution in [0.4, 0.5) is 9.59 Å². The molecule has 12 heteroatoms. The minimum absolute atomic E-state index is 0.0120. The van der Waals surface area contributed by atoms with Crippen molar-refractivity contribution in [2.24, 2.45) is 22.9 Å². The molecule has 1 fully saturated rings. The summed E-state index contributed by atoms with van der Waals surface area (Å²) in [5.74, 6) is -1.23. The molecule has 2 aliphatic carbocycles. The van der Waals surface area contributed by atoms with Crippen molar-refractivity contribution < 1.29 is 43.6 Å². The van der Waals surface area contributed by atoms with Crippen molar-refractivity contribution in [2.75, 3.05) is 33.5 Å². The summed E-state index contributed by atoms with van der Waals surface area (Å²) in [5.41, 5.74) is 4.24. The predicted octanol–water partition coefficient (Wildman–Crippen LogP) is 7.90. The lowest BCUT2D eigenvalue weighted by molar-refractivity contribution is -0.253. The Labute approximate surface area is 341 Å². The molecule has 3 aromatic rings. The number of carbonyl (C=O) groups excluding carboxylic acids is 2. The largest absolute Gasteiger partial charge is 0.459 e. The van der Waals surface area contributed by atoms with Gasteiger partial charge in [-0.3, -0.25) is 0 Å². The van der Waals surface area contributed by atoms with Crippen LogP contribution in [0.1, 0.15) is 74.5 Å². The van der Waals surface area contributed by atoms with E-state index in [4.69, 9.17) is 23.8 Å². The monoisotopic (exact) mass is 795 g/mol. The van der Waals surface area contributed by atoms with Gasteiger partial charge in [-0.15, -0.1) is 6.58 Å². The maximum absolute atomic E-state index is 14.0. The topological polar surface area (TPSA) is 148 Å². The third-order valence-electron chi connectivity index (χ3n) is 11.4. The van der Waals surface area contributed by atoms with Crippen molar-refractivity contribution in [1.29, 1.82) is 0 Å². The first-order chi connectivity index (χ1) is 28.3. The molecule has 12 nitrogen and oxygen atoms in total. The maximum atomic E-state index is 14.0. The number of aliphatic hydroxyl groups excluding tert-OH is 2. The van der Waals surface area contributed by atoms with Gasteiger partial charge >= 0.3 is 12.2 Å². The highest BCUT2D eigenvalue weighted by Crippen LogP contribution is 2.61. The average Bonchev–Trinajstić information content (AvgIpc) is 3.25. The standard InChI is InChI=1S/C46H57N3O9/c1-4-26-55-46-41(49(3)45(53)54-31-33-18-10-7-11-19-33)29-39(48-56-5-2)37-27-34(20-12-14-24-50)36(21-13-15-25-51)42(43(37)46)38-28-35(22-23-40(38)58-46)57-44(52)47-30-32-16-8-6-9-17-32/h4,6-11,16-19,22-23,27-28,34,36,41-43,50-51H,1,5,12-15,20-21,24-26,29-31H2,2-3H3,(H,47,52)/t34-,36+,41-,42+,43+,46+/m0/s1. The number of rotatable bonds is 19. The molecule has 6 atom stereocenters. The van der Waals surface area contributed by atoms with E-state index in [1.807, 2.05) is 79.7 Å². The summed E-state index contributed by atoms with van der Waals surface area (Å²) in [6.07, 6.45) is 7.52. The van der Waals surface area contributed by atoms with Gasteiger partial charge in [-0.2, -0.15) is 0 Å². The van der Waals surface area contributed by atoms with E-state index >= 15 is 0 Å². The molecular weight excluding hydrogens is 739 g/mol. The number of allylic oxidation sites excluding steroid dienone is 1. The Morgan fingerprint density at radius 2 is 1.69 bits per heavy atom. The molecular formula is C46H57N3O9. The second-order valence-electron chi connectivity index (χ2n) is 15.1. The summed E-state index contributed by atoms with van der Waals surface area (Å²) in [4.78, 5) is 34.5. The number of oxime groups is 1. The SMILES string of the molecule is C=CCO[C@@]12Oc3ccc(OC(=O)NCc4ccccc4)cc3[C@H]3[C@H](CCCCO)[C@@H](CCCCO)C=C(C(=NOCC)C[C@@H]1N(C)C(=O)OCc1ccccc1)[C@H]32. The van der Waals surface area contributed by atoms with Gasteiger partial charge in [0.1, 0.15) is 30.8 Å². The molecule has 0 bridgehead atoms. The number of aliphatic hydroxyl groups is 2. The second-order valence-corrected chi connectivity index (χ2v) is 15.1. The van der Waals surface area contributed by atoms with E-state index in [-0.39, 0.29) is 50.6 Å². The van der Waals surface area contributed by atoms with Gasteiger partial charge in [0.2, 0.25) is 5.79 Å². The number of nitrogens with zero attached hydrogens (tertiary/aromatic N) is 2. The third-order valence-corrected chi connectivity index (χ3v) is 11.4. The number of amides is 2. The average molecular weight is 796 g/mol. The second kappa shape index (κ2) is 20.5. The molecule has 1 heterocycles. The fourth-order valence-corrected chi connectivity index (χ4v) is 8.80. The van der Waals surface area contributed by atoms with Gasteiger partial charge < -0.3 is 44.2 Å². The number of unbranched alkanes of at least 4 members (excludes halogenated alkanes) is 2. The lowest BCUT2D eigenvalue weighted by Gasteiger charge is -2.59. The Morgan fingerprint density at radius 3 is 2.38 bits per heavy atom. The van der Waals surface area contributed by atoms with Crippen molar-refractivity contribution in [3.8, 4) is 11.5 Å². The number of likely N-dealkylation sites (N-methyl/N-ethyl adjacent to an activating group) is 1. The number of fused-ring (bicyclic) bond motifs is 2. The number of benzene rings is 3. The zero-order valence-corrected chi connectivity index (χ0v) is 33.6. The van der Waals surface area contributed by atoms with Crippen molar-refractivity contribution in [1.82, 2.24) is 10.2 Å². The summed E-state index contributed by atoms with van der Waals surface area (Å²) in [6.45, 7) is 6.88. The molecule has 3 N–H and O–H groups in total. The van der Waals surface area contributed by atoms with E-state index in [1.165, 1.54) is 0 Å². The molecule has 3 aromatic carbocycles. The smallest absolute Gasteiger partial charge is 0.412 e. The van der Waals surface area contributed by atoms with Gasteiger partial charge in [0.05, 0.1) is 18.2 Å². The van der Waals surface area contributed by atoms with Crippen LogP contribution in [-0.2, 0) is 27.5 Å². The van der Waals surface area contributed by atoms with Gasteiger partial charge in [-0.1, -0.05) is 90.8 Å². The molecule has 0 spiro atoms. The number of hydrogen-bond donors (Lipinski definition) is 3. The van der Waals surface area contributed by atoms with Gasteiger partial charge in [0, 0.05) is 44.7 Å². The Bertz CT molecular complexity index is 1890. The number of nitrogens with one attached hydrogen (secondary N) is 1. The van der Waals surface area contributed by atoms with Gasteiger partial charge in [0.25, 0.3) is 0 Å². The van der Waals surface area contributed by atoms with Gasteiger partial charge in [-0.05, 0) is 79.3 Å². The molecule has 1 saturated carbocycles. The molecule has 0 saturated heterocycles. The minimum atomic E-state index is -1.43. The van der Waals surface area contributed by atoms with Crippen LogP contribution in [-0.4, -0.2) is 78.3 Å². The number of ether oxygens (including phenoxy) is 4. The van der Waals surface area contributed by atoms with E-state index in [1.54, 1.807) is 24.1 Å². The molecule has 3 aliphatic rings. The zero-order chi connectivity index (χ0) is 40.9. The molecule has 310 valence electrons. The van der Waals surface area contributed by atoms with Crippen LogP contribution in [0.5, 0.6) is 11.5 Å². The fraction of sp³-hybridized carbons (Fsp3) is 0.457. The summed E-state index contributed by atoms with van der Waals surface area (Å²) in [5, 5.41) is 27.2. The number of hydrogen-bond acceptors (Lipinski definition) is 10. The van der Waals surface area contributed by atoms with Crippen LogP contribution in [0.2, 0.25) is 0 Å². The third kappa shape index (κ3) is 9.74. The van der Waals surface area contributed by atoms with Gasteiger partial charge in [-0.25, -0.2) is 9.59 Å². The van der Waals surface area contributed by atoms with Crippen LogP contribution in [0.25, 0.3) is 0 Å². The van der Waals surface area contributed by atoms with Crippen molar-refractivity contribution in [2.45, 2.75) is 82.8 Å². The highest BCUT2D eigenvalue weighted by atomic mass is 16.7. The molecule has 0 unspecified atom stereocenters. The lowest BCUT2D eigenvalue weighted by atomic mass is 9.55. The minimum Gasteiger partial charge on any atom is -0.459 e. The Balaban J connectivity index is 1.46. The van der Waals surface area contributed by atoms with Crippen molar-refractivity contribution in [3.63, 3.8) is 0 Å². The molecule has 2 amide bonds. The first-order valence-electron chi connectivity index (χ1n) is 20.5. The van der Waals surface area contributed by atoms with E-state index in [0.29, 0.717) is 43.2 Å². The van der Waals surface area contributed by atoms with E-state index in [2.05, 4.69) is 23.1 Å². The van der Waals surface area contributed by atoms with Crippen LogP contribution in [0.15, 0.2) is 108 Å². The summed E-state index contributed by atoms with van der Waals surface area (Å²) >= 11 is 0. The first-order valence-corrected chi connectivity index (χ1v) is 20.5. The van der Waals surface area contributed by atoms with Crippen molar-refractivity contribution >= 4 is 17.9 Å². The van der Waals surface area contributed by atoms with E-state index in [9.17, 15) is 19.8 Å². The first kappa shape index (κ1) is 42.4.